The third-order valence-electron chi connectivity index (χ3n) is 5.30. The lowest BCUT2D eigenvalue weighted by Crippen LogP contribution is -2.20. The van der Waals surface area contributed by atoms with E-state index < -0.39 is 11.7 Å². The van der Waals surface area contributed by atoms with E-state index in [-0.39, 0.29) is 12.0 Å². The van der Waals surface area contributed by atoms with Crippen LogP contribution in [0.1, 0.15) is 33.1 Å². The molecule has 1 amide bonds. The summed E-state index contributed by atoms with van der Waals surface area (Å²) in [7, 11) is 0. The molecular weight excluding hydrogens is 405 g/mol. The highest BCUT2D eigenvalue weighted by Crippen LogP contribution is 2.33. The van der Waals surface area contributed by atoms with E-state index in [4.69, 9.17) is 0 Å². The molecule has 0 spiro atoms. The first-order valence-electron chi connectivity index (χ1n) is 10.2. The summed E-state index contributed by atoms with van der Waals surface area (Å²) in [6.45, 7) is 2.04. The van der Waals surface area contributed by atoms with Crippen molar-refractivity contribution in [3.05, 3.63) is 113 Å². The molecule has 0 bridgehead atoms. The first-order chi connectivity index (χ1) is 15.6. The zero-order valence-corrected chi connectivity index (χ0v) is 17.3. The zero-order chi connectivity index (χ0) is 22.1. The summed E-state index contributed by atoms with van der Waals surface area (Å²) < 4.78 is 14.9. The van der Waals surface area contributed by atoms with E-state index in [0.29, 0.717) is 11.5 Å². The molecule has 1 aromatic heterocycles. The van der Waals surface area contributed by atoms with Crippen LogP contribution < -0.4 is 10.6 Å². The maximum absolute atomic E-state index is 13.2. The van der Waals surface area contributed by atoms with Crippen LogP contribution in [0, 0.1) is 12.7 Å². The molecule has 0 saturated heterocycles. The van der Waals surface area contributed by atoms with Gasteiger partial charge in [-0.05, 0) is 48.4 Å². The number of aryl methyl sites for hydroxylation is 1. The number of halogens is 1. The molecule has 158 valence electrons. The molecule has 0 aliphatic carbocycles. The van der Waals surface area contributed by atoms with Crippen molar-refractivity contribution >= 4 is 23.5 Å². The molecule has 7 heteroatoms. The minimum atomic E-state index is -0.406. The van der Waals surface area contributed by atoms with Gasteiger partial charge in [0.05, 0.1) is 0 Å². The van der Waals surface area contributed by atoms with E-state index >= 15 is 0 Å². The van der Waals surface area contributed by atoms with Gasteiger partial charge in [0.25, 0.3) is 11.9 Å². The number of nitrogens with one attached hydrogen (secondary N) is 2. The molecule has 1 aliphatic rings. The highest BCUT2D eigenvalue weighted by Gasteiger charge is 2.26. The maximum atomic E-state index is 13.2. The topological polar surface area (TPSA) is 71.8 Å². The average molecular weight is 425 g/mol. The molecule has 32 heavy (non-hydrogen) atoms. The number of carbonyl (C=O) groups excluding carboxylic acids is 1. The van der Waals surface area contributed by atoms with Crippen molar-refractivity contribution < 1.29 is 9.18 Å². The number of nitrogens with zero attached hydrogens (tertiary/aromatic N) is 3. The maximum Gasteiger partial charge on any atom is 0.258 e. The SMILES string of the molecule is Cc1ccc(C2C=C(c3ccccc3)Nc3nc(NC(=O)c4ccc(F)cc4)nn32)cc1. The lowest BCUT2D eigenvalue weighted by atomic mass is 10.0. The largest absolute Gasteiger partial charge is 0.324 e. The molecule has 4 aromatic rings. The lowest BCUT2D eigenvalue weighted by molar-refractivity contribution is 0.102. The minimum absolute atomic E-state index is 0.168. The summed E-state index contributed by atoms with van der Waals surface area (Å²) in [5, 5.41) is 10.6. The van der Waals surface area contributed by atoms with Crippen LogP contribution in [0.3, 0.4) is 0 Å². The van der Waals surface area contributed by atoms with E-state index in [1.807, 2.05) is 37.3 Å². The number of carbonyl (C=O) groups is 1. The van der Waals surface area contributed by atoms with E-state index in [2.05, 4.69) is 51.1 Å². The Balaban J connectivity index is 1.50. The van der Waals surface area contributed by atoms with Crippen LogP contribution in [0.2, 0.25) is 0 Å². The fourth-order valence-electron chi connectivity index (χ4n) is 3.61. The lowest BCUT2D eigenvalue weighted by Gasteiger charge is -2.24. The van der Waals surface area contributed by atoms with Crippen molar-refractivity contribution in [3.8, 4) is 0 Å². The summed E-state index contributed by atoms with van der Waals surface area (Å²) in [6, 6.07) is 23.3. The molecule has 2 heterocycles. The Labute approximate surface area is 184 Å². The smallest absolute Gasteiger partial charge is 0.258 e. The van der Waals surface area contributed by atoms with Gasteiger partial charge in [-0.1, -0.05) is 60.2 Å². The normalized spacial score (nSPS) is 14.8. The van der Waals surface area contributed by atoms with E-state index in [9.17, 15) is 9.18 Å². The molecule has 2 N–H and O–H groups in total. The number of anilines is 2. The molecule has 1 unspecified atom stereocenters. The number of amides is 1. The molecule has 6 nitrogen and oxygen atoms in total. The molecule has 1 atom stereocenters. The van der Waals surface area contributed by atoms with Crippen LogP contribution in [0.5, 0.6) is 0 Å². The van der Waals surface area contributed by atoms with Crippen molar-refractivity contribution in [3.63, 3.8) is 0 Å². The number of hydrogen-bond donors (Lipinski definition) is 2. The Morgan fingerprint density at radius 3 is 2.44 bits per heavy atom. The highest BCUT2D eigenvalue weighted by molar-refractivity contribution is 6.03. The molecule has 1 aliphatic heterocycles. The molecular formula is C25H20FN5O. The van der Waals surface area contributed by atoms with Gasteiger partial charge in [0.1, 0.15) is 11.9 Å². The Bertz CT molecular complexity index is 1290. The van der Waals surface area contributed by atoms with Crippen molar-refractivity contribution in [2.45, 2.75) is 13.0 Å². The van der Waals surface area contributed by atoms with Crippen molar-refractivity contribution in [1.82, 2.24) is 14.8 Å². The number of fused-ring (bicyclic) bond motifs is 1. The standard InChI is InChI=1S/C25H20FN5O/c1-16-7-9-18(10-8-16)22-15-21(17-5-3-2-4-6-17)27-25-29-24(30-31(22)25)28-23(32)19-11-13-20(26)14-12-19/h2-15,22H,1H3,(H2,27,28,29,30,32). The Morgan fingerprint density at radius 1 is 1.00 bits per heavy atom. The molecule has 0 radical (unpaired) electrons. The van der Waals surface area contributed by atoms with Crippen LogP contribution in [-0.4, -0.2) is 20.7 Å². The second-order valence-corrected chi connectivity index (χ2v) is 7.59. The van der Waals surface area contributed by atoms with E-state index in [1.54, 1.807) is 4.68 Å². The second-order valence-electron chi connectivity index (χ2n) is 7.59. The number of allylic oxidation sites excluding steroid dienone is 1. The van der Waals surface area contributed by atoms with Crippen molar-refractivity contribution in [1.29, 1.82) is 0 Å². The Morgan fingerprint density at radius 2 is 1.72 bits per heavy atom. The first kappa shape index (κ1) is 19.7. The van der Waals surface area contributed by atoms with Gasteiger partial charge in [0, 0.05) is 11.3 Å². The fraction of sp³-hybridized carbons (Fsp3) is 0.0800. The fourth-order valence-corrected chi connectivity index (χ4v) is 3.61. The summed E-state index contributed by atoms with van der Waals surface area (Å²) in [6.07, 6.45) is 2.09. The third kappa shape index (κ3) is 3.88. The van der Waals surface area contributed by atoms with Gasteiger partial charge < -0.3 is 5.32 Å². The molecule has 5 rings (SSSR count). The van der Waals surface area contributed by atoms with Crippen LogP contribution in [0.15, 0.2) is 84.9 Å². The number of rotatable bonds is 4. The summed E-state index contributed by atoms with van der Waals surface area (Å²) in [5.41, 5.74) is 4.47. The summed E-state index contributed by atoms with van der Waals surface area (Å²) in [5.74, 6) is -0.120. The average Bonchev–Trinajstić information content (AvgIpc) is 3.22. The monoisotopic (exact) mass is 425 g/mol. The second kappa shape index (κ2) is 8.11. The van der Waals surface area contributed by atoms with Gasteiger partial charge in [-0.15, -0.1) is 5.10 Å². The van der Waals surface area contributed by atoms with Gasteiger partial charge in [-0.3, -0.25) is 10.1 Å². The Hall–Kier alpha value is -4.26. The molecule has 0 saturated carbocycles. The molecule has 3 aromatic carbocycles. The number of benzene rings is 3. The summed E-state index contributed by atoms with van der Waals surface area (Å²) >= 11 is 0. The van der Waals surface area contributed by atoms with Gasteiger partial charge in [0.2, 0.25) is 5.95 Å². The quantitative estimate of drug-likeness (QED) is 0.481. The molecule has 0 fully saturated rings. The zero-order valence-electron chi connectivity index (χ0n) is 17.3. The number of hydrogen-bond acceptors (Lipinski definition) is 4. The van der Waals surface area contributed by atoms with Crippen LogP contribution in [-0.2, 0) is 0 Å². The van der Waals surface area contributed by atoms with Crippen LogP contribution >= 0.6 is 0 Å². The van der Waals surface area contributed by atoms with Crippen LogP contribution in [0.25, 0.3) is 5.70 Å². The third-order valence-corrected chi connectivity index (χ3v) is 5.30. The van der Waals surface area contributed by atoms with Crippen LogP contribution in [0.4, 0.5) is 16.3 Å². The van der Waals surface area contributed by atoms with Gasteiger partial charge in [0.15, 0.2) is 0 Å². The minimum Gasteiger partial charge on any atom is -0.324 e. The van der Waals surface area contributed by atoms with Crippen molar-refractivity contribution in [2.75, 3.05) is 10.6 Å². The predicted molar refractivity (Wildman–Crippen MR) is 122 cm³/mol. The highest BCUT2D eigenvalue weighted by atomic mass is 19.1. The first-order valence-corrected chi connectivity index (χ1v) is 10.2. The number of aromatic nitrogens is 3. The van der Waals surface area contributed by atoms with Gasteiger partial charge in [-0.2, -0.15) is 4.98 Å². The van der Waals surface area contributed by atoms with E-state index in [1.165, 1.54) is 29.8 Å². The van der Waals surface area contributed by atoms with Gasteiger partial charge >= 0.3 is 0 Å². The van der Waals surface area contributed by atoms with Crippen molar-refractivity contribution in [2.24, 2.45) is 0 Å². The Kier molecular flexibility index (Phi) is 4.99. The van der Waals surface area contributed by atoms with E-state index in [0.717, 1.165) is 16.8 Å². The summed E-state index contributed by atoms with van der Waals surface area (Å²) in [4.78, 5) is 17.1. The van der Waals surface area contributed by atoms with Gasteiger partial charge in [-0.25, -0.2) is 9.07 Å². The predicted octanol–water partition coefficient (Wildman–Crippen LogP) is 5.03.